The largest absolute Gasteiger partial charge is 0.496 e. The highest BCUT2D eigenvalue weighted by atomic mass is 79.9. The van der Waals surface area contributed by atoms with Crippen LogP contribution in [0.5, 0.6) is 5.75 Å². The fraction of sp³-hybridized carbons (Fsp3) is 0.417. The van der Waals surface area contributed by atoms with Gasteiger partial charge in [0.2, 0.25) is 0 Å². The second kappa shape index (κ2) is 6.61. The Morgan fingerprint density at radius 1 is 1.47 bits per heavy atom. The molecule has 0 aliphatic carbocycles. The van der Waals surface area contributed by atoms with Gasteiger partial charge >= 0.3 is 5.97 Å². The van der Waals surface area contributed by atoms with Gasteiger partial charge in [0.25, 0.3) is 0 Å². The van der Waals surface area contributed by atoms with Gasteiger partial charge in [-0.2, -0.15) is 0 Å². The summed E-state index contributed by atoms with van der Waals surface area (Å²) in [6, 6.07) is 5.22. The molecule has 1 aromatic rings. The van der Waals surface area contributed by atoms with E-state index in [0.29, 0.717) is 6.42 Å². The molecule has 0 aliphatic rings. The Hall–Kier alpha value is -1.07. The van der Waals surface area contributed by atoms with Gasteiger partial charge in [0.05, 0.1) is 18.7 Å². The Balaban J connectivity index is 2.58. The highest BCUT2D eigenvalue weighted by molar-refractivity contribution is 9.10. The van der Waals surface area contributed by atoms with Gasteiger partial charge in [-0.3, -0.25) is 4.79 Å². The van der Waals surface area contributed by atoms with E-state index in [0.717, 1.165) is 22.2 Å². The standard InChI is InChI=1S/C12H16BrNO3/c1-16-11-6-4-8(7-9(11)13)3-5-10(14)12(15)17-2/h4,6-7,10H,3,5,14H2,1-2H3. The zero-order valence-corrected chi connectivity index (χ0v) is 11.5. The van der Waals surface area contributed by atoms with Crippen LogP contribution in [0.3, 0.4) is 0 Å². The lowest BCUT2D eigenvalue weighted by Gasteiger charge is -2.10. The molecule has 94 valence electrons. The Bertz CT molecular complexity index is 395. The fourth-order valence-corrected chi connectivity index (χ4v) is 2.04. The second-order valence-electron chi connectivity index (χ2n) is 3.64. The van der Waals surface area contributed by atoms with E-state index in [2.05, 4.69) is 20.7 Å². The van der Waals surface area contributed by atoms with Crippen molar-refractivity contribution >= 4 is 21.9 Å². The van der Waals surface area contributed by atoms with Crippen LogP contribution in [-0.2, 0) is 16.0 Å². The van der Waals surface area contributed by atoms with Crippen molar-refractivity contribution in [2.24, 2.45) is 5.73 Å². The molecule has 5 heteroatoms. The van der Waals surface area contributed by atoms with E-state index in [1.54, 1.807) is 7.11 Å². The highest BCUT2D eigenvalue weighted by Crippen LogP contribution is 2.26. The number of carbonyl (C=O) groups is 1. The second-order valence-corrected chi connectivity index (χ2v) is 4.49. The zero-order chi connectivity index (χ0) is 12.8. The third-order valence-electron chi connectivity index (χ3n) is 2.46. The van der Waals surface area contributed by atoms with Gasteiger partial charge in [-0.15, -0.1) is 0 Å². The van der Waals surface area contributed by atoms with E-state index in [-0.39, 0.29) is 5.97 Å². The molecule has 4 nitrogen and oxygen atoms in total. The maximum atomic E-state index is 11.1. The van der Waals surface area contributed by atoms with Crippen molar-refractivity contribution in [3.8, 4) is 5.75 Å². The molecule has 0 spiro atoms. The first-order valence-corrected chi connectivity index (χ1v) is 6.03. The van der Waals surface area contributed by atoms with Crippen molar-refractivity contribution in [2.45, 2.75) is 18.9 Å². The Morgan fingerprint density at radius 2 is 2.18 bits per heavy atom. The normalized spacial score (nSPS) is 12.0. The van der Waals surface area contributed by atoms with E-state index in [9.17, 15) is 4.79 Å². The molecule has 2 N–H and O–H groups in total. The first kappa shape index (κ1) is 14.0. The number of nitrogens with two attached hydrogens (primary N) is 1. The first-order chi connectivity index (χ1) is 8.08. The highest BCUT2D eigenvalue weighted by Gasteiger charge is 2.13. The molecule has 0 fully saturated rings. The average Bonchev–Trinajstić information content (AvgIpc) is 2.35. The van der Waals surface area contributed by atoms with Crippen LogP contribution in [0.2, 0.25) is 0 Å². The average molecular weight is 302 g/mol. The molecule has 0 bridgehead atoms. The van der Waals surface area contributed by atoms with E-state index in [1.807, 2.05) is 18.2 Å². The van der Waals surface area contributed by atoms with Crippen LogP contribution < -0.4 is 10.5 Å². The molecule has 0 saturated heterocycles. The van der Waals surface area contributed by atoms with Crippen LogP contribution in [0.15, 0.2) is 22.7 Å². The van der Waals surface area contributed by atoms with Crippen LogP contribution in [-0.4, -0.2) is 26.2 Å². The Kier molecular flexibility index (Phi) is 5.44. The van der Waals surface area contributed by atoms with Gasteiger partial charge in [-0.1, -0.05) is 6.07 Å². The molecule has 1 rings (SSSR count). The number of benzene rings is 1. The summed E-state index contributed by atoms with van der Waals surface area (Å²) >= 11 is 3.41. The van der Waals surface area contributed by atoms with Crippen molar-refractivity contribution in [2.75, 3.05) is 14.2 Å². The van der Waals surface area contributed by atoms with Gasteiger partial charge < -0.3 is 15.2 Å². The Morgan fingerprint density at radius 3 is 2.71 bits per heavy atom. The predicted octanol–water partition coefficient (Wildman–Crippen LogP) is 1.89. The SMILES string of the molecule is COC(=O)C(N)CCc1ccc(OC)c(Br)c1. The lowest BCUT2D eigenvalue weighted by molar-refractivity contribution is -0.142. The minimum Gasteiger partial charge on any atom is -0.496 e. The smallest absolute Gasteiger partial charge is 0.322 e. The number of aryl methyl sites for hydroxylation is 1. The van der Waals surface area contributed by atoms with Crippen molar-refractivity contribution in [3.63, 3.8) is 0 Å². The summed E-state index contributed by atoms with van der Waals surface area (Å²) in [7, 11) is 2.96. The topological polar surface area (TPSA) is 61.5 Å². The first-order valence-electron chi connectivity index (χ1n) is 5.24. The third kappa shape index (κ3) is 4.02. The molecule has 0 aliphatic heterocycles. The number of rotatable bonds is 5. The molecular weight excluding hydrogens is 286 g/mol. The fourth-order valence-electron chi connectivity index (χ4n) is 1.46. The lowest BCUT2D eigenvalue weighted by atomic mass is 10.1. The van der Waals surface area contributed by atoms with Crippen LogP contribution in [0.4, 0.5) is 0 Å². The summed E-state index contributed by atoms with van der Waals surface area (Å²) in [5, 5.41) is 0. The lowest BCUT2D eigenvalue weighted by Crippen LogP contribution is -2.31. The molecule has 0 aromatic heterocycles. The number of ether oxygens (including phenoxy) is 2. The van der Waals surface area contributed by atoms with Crippen LogP contribution in [0.25, 0.3) is 0 Å². The van der Waals surface area contributed by atoms with Gasteiger partial charge in [-0.05, 0) is 46.5 Å². The van der Waals surface area contributed by atoms with Gasteiger partial charge in [-0.25, -0.2) is 0 Å². The molecule has 0 radical (unpaired) electrons. The summed E-state index contributed by atoms with van der Waals surface area (Å²) in [6.45, 7) is 0. The third-order valence-corrected chi connectivity index (χ3v) is 3.08. The minimum absolute atomic E-state index is 0.377. The van der Waals surface area contributed by atoms with Crippen molar-refractivity contribution in [3.05, 3.63) is 28.2 Å². The number of hydrogen-bond donors (Lipinski definition) is 1. The van der Waals surface area contributed by atoms with Gasteiger partial charge in [0, 0.05) is 0 Å². The minimum atomic E-state index is -0.569. The summed E-state index contributed by atoms with van der Waals surface area (Å²) in [6.07, 6.45) is 1.28. The molecular formula is C12H16BrNO3. The van der Waals surface area contributed by atoms with Crippen LogP contribution in [0.1, 0.15) is 12.0 Å². The van der Waals surface area contributed by atoms with E-state index >= 15 is 0 Å². The number of halogens is 1. The number of esters is 1. The van der Waals surface area contributed by atoms with Gasteiger partial charge in [0.15, 0.2) is 0 Å². The summed E-state index contributed by atoms with van der Waals surface area (Å²) in [5.41, 5.74) is 6.75. The summed E-state index contributed by atoms with van der Waals surface area (Å²) in [5.74, 6) is 0.406. The number of methoxy groups -OCH3 is 2. The Labute approximate surface area is 109 Å². The molecule has 0 heterocycles. The number of hydrogen-bond acceptors (Lipinski definition) is 4. The maximum Gasteiger partial charge on any atom is 0.322 e. The van der Waals surface area contributed by atoms with Gasteiger partial charge in [0.1, 0.15) is 11.8 Å². The van der Waals surface area contributed by atoms with E-state index in [1.165, 1.54) is 7.11 Å². The van der Waals surface area contributed by atoms with Crippen molar-refractivity contribution in [1.82, 2.24) is 0 Å². The molecule has 1 atom stereocenters. The van der Waals surface area contributed by atoms with E-state index in [4.69, 9.17) is 10.5 Å². The van der Waals surface area contributed by atoms with Crippen molar-refractivity contribution in [1.29, 1.82) is 0 Å². The zero-order valence-electron chi connectivity index (χ0n) is 9.90. The number of carbonyl (C=O) groups excluding carboxylic acids is 1. The maximum absolute atomic E-state index is 11.1. The summed E-state index contributed by atoms with van der Waals surface area (Å²) < 4.78 is 10.6. The monoisotopic (exact) mass is 301 g/mol. The van der Waals surface area contributed by atoms with E-state index < -0.39 is 6.04 Å². The molecule has 1 aromatic carbocycles. The molecule has 17 heavy (non-hydrogen) atoms. The quantitative estimate of drug-likeness (QED) is 0.844. The molecule has 0 saturated carbocycles. The summed E-state index contributed by atoms with van der Waals surface area (Å²) in [4.78, 5) is 11.1. The molecule has 0 amide bonds. The van der Waals surface area contributed by atoms with Crippen LogP contribution >= 0.6 is 15.9 Å². The van der Waals surface area contributed by atoms with Crippen molar-refractivity contribution < 1.29 is 14.3 Å². The van der Waals surface area contributed by atoms with Crippen LogP contribution in [0, 0.1) is 0 Å². The molecule has 1 unspecified atom stereocenters. The predicted molar refractivity (Wildman–Crippen MR) is 69.0 cm³/mol.